The van der Waals surface area contributed by atoms with E-state index in [4.69, 9.17) is 10.8 Å². The molecule has 0 aliphatic heterocycles. The first-order valence-corrected chi connectivity index (χ1v) is 7.67. The number of anilines is 2. The maximum Gasteiger partial charge on any atom is 0.242 e. The third-order valence-electron chi connectivity index (χ3n) is 2.71. The Morgan fingerprint density at radius 2 is 2.00 bits per heavy atom. The van der Waals surface area contributed by atoms with Gasteiger partial charge in [-0.15, -0.1) is 0 Å². The van der Waals surface area contributed by atoms with Crippen molar-refractivity contribution in [3.05, 3.63) is 18.2 Å². The molecule has 0 heterocycles. The Kier molecular flexibility index (Phi) is 6.07. The van der Waals surface area contributed by atoms with Crippen molar-refractivity contribution < 1.29 is 13.5 Å². The summed E-state index contributed by atoms with van der Waals surface area (Å²) in [4.78, 5) is 0.150. The summed E-state index contributed by atoms with van der Waals surface area (Å²) in [5.41, 5.74) is 6.56. The van der Waals surface area contributed by atoms with Crippen molar-refractivity contribution in [1.29, 1.82) is 0 Å². The van der Waals surface area contributed by atoms with Crippen LogP contribution in [0.3, 0.4) is 0 Å². The summed E-state index contributed by atoms with van der Waals surface area (Å²) in [6, 6.07) is 4.75. The van der Waals surface area contributed by atoms with Crippen molar-refractivity contribution in [2.45, 2.75) is 24.2 Å². The van der Waals surface area contributed by atoms with Crippen LogP contribution in [0.4, 0.5) is 11.4 Å². The summed E-state index contributed by atoms with van der Waals surface area (Å²) in [5, 5.41) is 11.8. The standard InChI is InChI=1S/C12H21N3O3S/c1-14-19(17,18)12-9-10(13)5-6-11(12)15-7-3-2-4-8-16/h5-6,9,14-16H,2-4,7-8,13H2,1H3. The van der Waals surface area contributed by atoms with Gasteiger partial charge in [-0.05, 0) is 44.5 Å². The molecule has 0 aromatic heterocycles. The number of nitrogen functional groups attached to an aromatic ring is 1. The summed E-state index contributed by atoms with van der Waals surface area (Å²) in [6.07, 6.45) is 2.52. The number of sulfonamides is 1. The number of unbranched alkanes of at least 4 members (excludes halogenated alkanes) is 2. The van der Waals surface area contributed by atoms with E-state index in [2.05, 4.69) is 10.0 Å². The first-order chi connectivity index (χ1) is 9.01. The molecule has 0 fully saturated rings. The van der Waals surface area contributed by atoms with Crippen molar-refractivity contribution >= 4 is 21.4 Å². The minimum Gasteiger partial charge on any atom is -0.399 e. The first kappa shape index (κ1) is 15.7. The SMILES string of the molecule is CNS(=O)(=O)c1cc(N)ccc1NCCCCCO. The maximum atomic E-state index is 11.9. The number of nitrogens with two attached hydrogens (primary N) is 1. The van der Waals surface area contributed by atoms with E-state index in [1.807, 2.05) is 0 Å². The summed E-state index contributed by atoms with van der Waals surface area (Å²) in [5.74, 6) is 0. The molecule has 1 aromatic rings. The largest absolute Gasteiger partial charge is 0.399 e. The Labute approximate surface area is 114 Å². The highest BCUT2D eigenvalue weighted by molar-refractivity contribution is 7.89. The van der Waals surface area contributed by atoms with Crippen LogP contribution in [0.15, 0.2) is 23.1 Å². The smallest absolute Gasteiger partial charge is 0.242 e. The number of benzene rings is 1. The average Bonchev–Trinajstić information content (AvgIpc) is 2.40. The molecule has 19 heavy (non-hydrogen) atoms. The monoisotopic (exact) mass is 287 g/mol. The van der Waals surface area contributed by atoms with Gasteiger partial charge in [-0.2, -0.15) is 0 Å². The molecule has 108 valence electrons. The molecule has 1 rings (SSSR count). The van der Waals surface area contributed by atoms with Gasteiger partial charge in [0.05, 0.1) is 5.69 Å². The zero-order valence-corrected chi connectivity index (χ0v) is 11.8. The molecule has 0 bridgehead atoms. The van der Waals surface area contributed by atoms with Crippen LogP contribution in [0.5, 0.6) is 0 Å². The van der Waals surface area contributed by atoms with E-state index in [9.17, 15) is 8.42 Å². The van der Waals surface area contributed by atoms with Crippen molar-refractivity contribution in [1.82, 2.24) is 4.72 Å². The van der Waals surface area contributed by atoms with E-state index in [-0.39, 0.29) is 11.5 Å². The molecule has 6 nitrogen and oxygen atoms in total. The highest BCUT2D eigenvalue weighted by Crippen LogP contribution is 2.23. The zero-order valence-electron chi connectivity index (χ0n) is 11.0. The van der Waals surface area contributed by atoms with Crippen LogP contribution < -0.4 is 15.8 Å². The van der Waals surface area contributed by atoms with Gasteiger partial charge in [0.25, 0.3) is 0 Å². The van der Waals surface area contributed by atoms with Crippen LogP contribution in [0.1, 0.15) is 19.3 Å². The van der Waals surface area contributed by atoms with Crippen molar-refractivity contribution in [3.8, 4) is 0 Å². The molecule has 0 unspecified atom stereocenters. The van der Waals surface area contributed by atoms with E-state index in [1.165, 1.54) is 13.1 Å². The Hall–Kier alpha value is -1.31. The predicted octanol–water partition coefficient (Wildman–Crippen LogP) is 0.751. The van der Waals surface area contributed by atoms with Crippen LogP contribution in [-0.4, -0.2) is 33.7 Å². The predicted molar refractivity (Wildman–Crippen MR) is 76.5 cm³/mol. The lowest BCUT2D eigenvalue weighted by Gasteiger charge is -2.12. The molecule has 0 amide bonds. The Morgan fingerprint density at radius 3 is 2.63 bits per heavy atom. The average molecular weight is 287 g/mol. The van der Waals surface area contributed by atoms with E-state index >= 15 is 0 Å². The van der Waals surface area contributed by atoms with Crippen LogP contribution >= 0.6 is 0 Å². The minimum atomic E-state index is -3.53. The molecule has 5 N–H and O–H groups in total. The highest BCUT2D eigenvalue weighted by atomic mass is 32.2. The Bertz CT molecular complexity index is 503. The lowest BCUT2D eigenvalue weighted by molar-refractivity contribution is 0.283. The van der Waals surface area contributed by atoms with E-state index in [0.29, 0.717) is 17.9 Å². The second kappa shape index (κ2) is 7.32. The van der Waals surface area contributed by atoms with Gasteiger partial charge in [-0.25, -0.2) is 13.1 Å². The second-order valence-corrected chi connectivity index (χ2v) is 6.03. The normalized spacial score (nSPS) is 11.5. The van der Waals surface area contributed by atoms with Gasteiger partial charge < -0.3 is 16.2 Å². The van der Waals surface area contributed by atoms with Gasteiger partial charge in [-0.3, -0.25) is 0 Å². The topological polar surface area (TPSA) is 104 Å². The van der Waals surface area contributed by atoms with Crippen molar-refractivity contribution in [3.63, 3.8) is 0 Å². The number of nitrogens with one attached hydrogen (secondary N) is 2. The fourth-order valence-electron chi connectivity index (χ4n) is 1.65. The zero-order chi connectivity index (χ0) is 14.3. The lowest BCUT2D eigenvalue weighted by atomic mass is 10.2. The van der Waals surface area contributed by atoms with Gasteiger partial charge >= 0.3 is 0 Å². The molecule has 0 saturated carbocycles. The first-order valence-electron chi connectivity index (χ1n) is 6.19. The molecule has 1 aromatic carbocycles. The van der Waals surface area contributed by atoms with Crippen LogP contribution in [-0.2, 0) is 10.0 Å². The summed E-state index contributed by atoms with van der Waals surface area (Å²) in [7, 11) is -2.17. The lowest BCUT2D eigenvalue weighted by Crippen LogP contribution is -2.20. The molecule has 0 radical (unpaired) electrons. The maximum absolute atomic E-state index is 11.9. The second-order valence-electron chi connectivity index (χ2n) is 4.17. The molecular weight excluding hydrogens is 266 g/mol. The van der Waals surface area contributed by atoms with E-state index in [1.54, 1.807) is 12.1 Å². The van der Waals surface area contributed by atoms with Crippen LogP contribution in [0.2, 0.25) is 0 Å². The molecule has 0 aliphatic rings. The van der Waals surface area contributed by atoms with Gasteiger partial charge in [0, 0.05) is 18.8 Å². The Morgan fingerprint density at radius 1 is 1.26 bits per heavy atom. The molecule has 0 aliphatic carbocycles. The molecule has 0 spiro atoms. The summed E-state index contributed by atoms with van der Waals surface area (Å²) < 4.78 is 26.0. The van der Waals surface area contributed by atoms with Gasteiger partial charge in [0.15, 0.2) is 0 Å². The summed E-state index contributed by atoms with van der Waals surface area (Å²) in [6.45, 7) is 0.831. The number of hydrogen-bond acceptors (Lipinski definition) is 5. The van der Waals surface area contributed by atoms with Crippen LogP contribution in [0, 0.1) is 0 Å². The fourth-order valence-corrected chi connectivity index (χ4v) is 2.59. The number of rotatable bonds is 8. The van der Waals surface area contributed by atoms with Crippen molar-refractivity contribution in [2.75, 3.05) is 31.2 Å². The number of aliphatic hydroxyl groups is 1. The summed E-state index contributed by atoms with van der Waals surface area (Å²) >= 11 is 0. The van der Waals surface area contributed by atoms with E-state index < -0.39 is 10.0 Å². The van der Waals surface area contributed by atoms with Crippen LogP contribution in [0.25, 0.3) is 0 Å². The molecule has 0 atom stereocenters. The van der Waals surface area contributed by atoms with Crippen molar-refractivity contribution in [2.24, 2.45) is 0 Å². The number of hydrogen-bond donors (Lipinski definition) is 4. The van der Waals surface area contributed by atoms with Gasteiger partial charge in [-0.1, -0.05) is 0 Å². The third-order valence-corrected chi connectivity index (χ3v) is 4.17. The minimum absolute atomic E-state index is 0.150. The van der Waals surface area contributed by atoms with E-state index in [0.717, 1.165) is 19.3 Å². The Balaban J connectivity index is 2.78. The molecular formula is C12H21N3O3S. The quantitative estimate of drug-likeness (QED) is 0.417. The third kappa shape index (κ3) is 4.70. The van der Waals surface area contributed by atoms with Gasteiger partial charge in [0.2, 0.25) is 10.0 Å². The fraction of sp³-hybridized carbons (Fsp3) is 0.500. The van der Waals surface area contributed by atoms with Gasteiger partial charge in [0.1, 0.15) is 4.90 Å². The highest BCUT2D eigenvalue weighted by Gasteiger charge is 2.16. The molecule has 7 heteroatoms. The molecule has 0 saturated heterocycles. The number of aliphatic hydroxyl groups excluding tert-OH is 1.